The van der Waals surface area contributed by atoms with E-state index in [2.05, 4.69) is 71.9 Å². The predicted octanol–water partition coefficient (Wildman–Crippen LogP) is 4.11. The topological polar surface area (TPSA) is 46.0 Å². The zero-order valence-electron chi connectivity index (χ0n) is 15.6. The van der Waals surface area contributed by atoms with Crippen LogP contribution in [0.5, 0.6) is 0 Å². The SMILES string of the molecule is Cc1nn(C)c2nc3ccccc3c(NCc3ccccc3N(C)C)c12. The predicted molar refractivity (Wildman–Crippen MR) is 109 cm³/mol. The summed E-state index contributed by atoms with van der Waals surface area (Å²) >= 11 is 0. The van der Waals surface area contributed by atoms with E-state index >= 15 is 0 Å². The number of fused-ring (bicyclic) bond motifs is 2. The van der Waals surface area contributed by atoms with Gasteiger partial charge < -0.3 is 10.2 Å². The highest BCUT2D eigenvalue weighted by Crippen LogP contribution is 2.33. The fourth-order valence-electron chi connectivity index (χ4n) is 3.56. The van der Waals surface area contributed by atoms with Gasteiger partial charge in [-0.1, -0.05) is 36.4 Å². The van der Waals surface area contributed by atoms with E-state index in [9.17, 15) is 0 Å². The van der Waals surface area contributed by atoms with Crippen LogP contribution in [0.15, 0.2) is 48.5 Å². The van der Waals surface area contributed by atoms with Crippen LogP contribution in [0, 0.1) is 6.92 Å². The minimum atomic E-state index is 0.742. The summed E-state index contributed by atoms with van der Waals surface area (Å²) in [6, 6.07) is 16.7. The Balaban J connectivity index is 1.85. The number of aryl methyl sites for hydroxylation is 2. The normalized spacial score (nSPS) is 11.2. The maximum absolute atomic E-state index is 4.81. The van der Waals surface area contributed by atoms with Crippen LogP contribution in [-0.4, -0.2) is 28.9 Å². The third-order valence-electron chi connectivity index (χ3n) is 4.77. The molecule has 0 spiro atoms. The van der Waals surface area contributed by atoms with Gasteiger partial charge in [0.25, 0.3) is 0 Å². The molecule has 0 unspecified atom stereocenters. The molecule has 2 heterocycles. The smallest absolute Gasteiger partial charge is 0.160 e. The van der Waals surface area contributed by atoms with Crippen LogP contribution in [-0.2, 0) is 13.6 Å². The minimum Gasteiger partial charge on any atom is -0.380 e. The summed E-state index contributed by atoms with van der Waals surface area (Å²) < 4.78 is 1.86. The number of pyridine rings is 1. The molecule has 4 rings (SSSR count). The number of rotatable bonds is 4. The van der Waals surface area contributed by atoms with Crippen molar-refractivity contribution in [2.45, 2.75) is 13.5 Å². The van der Waals surface area contributed by atoms with E-state index in [0.717, 1.165) is 39.9 Å². The van der Waals surface area contributed by atoms with Crippen molar-refractivity contribution in [2.24, 2.45) is 7.05 Å². The van der Waals surface area contributed by atoms with E-state index in [0.29, 0.717) is 0 Å². The van der Waals surface area contributed by atoms with Gasteiger partial charge in [-0.3, -0.25) is 4.68 Å². The highest BCUT2D eigenvalue weighted by Gasteiger charge is 2.15. The Morgan fingerprint density at radius 1 is 1.04 bits per heavy atom. The molecule has 0 aliphatic carbocycles. The molecule has 0 radical (unpaired) electrons. The second-order valence-corrected chi connectivity index (χ2v) is 6.79. The van der Waals surface area contributed by atoms with E-state index in [4.69, 9.17) is 4.98 Å². The van der Waals surface area contributed by atoms with Crippen molar-refractivity contribution >= 4 is 33.3 Å². The van der Waals surface area contributed by atoms with Crippen molar-refractivity contribution in [3.8, 4) is 0 Å². The third-order valence-corrected chi connectivity index (χ3v) is 4.77. The van der Waals surface area contributed by atoms with Crippen LogP contribution in [0.1, 0.15) is 11.3 Å². The van der Waals surface area contributed by atoms with Gasteiger partial charge in [-0.2, -0.15) is 5.10 Å². The molecule has 132 valence electrons. The quantitative estimate of drug-likeness (QED) is 0.605. The van der Waals surface area contributed by atoms with Crippen LogP contribution < -0.4 is 10.2 Å². The molecule has 0 aliphatic rings. The number of hydrogen-bond acceptors (Lipinski definition) is 4. The molecular weight excluding hydrogens is 322 g/mol. The Morgan fingerprint density at radius 2 is 1.77 bits per heavy atom. The van der Waals surface area contributed by atoms with Gasteiger partial charge in [0.2, 0.25) is 0 Å². The molecule has 0 bridgehead atoms. The van der Waals surface area contributed by atoms with Crippen molar-refractivity contribution in [3.63, 3.8) is 0 Å². The van der Waals surface area contributed by atoms with Gasteiger partial charge in [-0.05, 0) is 24.6 Å². The summed E-state index contributed by atoms with van der Waals surface area (Å²) in [6.07, 6.45) is 0. The maximum Gasteiger partial charge on any atom is 0.160 e. The Morgan fingerprint density at radius 3 is 2.58 bits per heavy atom. The van der Waals surface area contributed by atoms with Gasteiger partial charge in [-0.15, -0.1) is 0 Å². The minimum absolute atomic E-state index is 0.742. The Kier molecular flexibility index (Phi) is 3.99. The standard InChI is InChI=1S/C21H23N5/c1-14-19-20(22-13-15-9-5-8-12-18(15)25(2)3)16-10-6-7-11-17(16)23-21(19)26(4)24-14/h5-12H,13H2,1-4H3,(H,22,23). The summed E-state index contributed by atoms with van der Waals surface area (Å²) in [4.78, 5) is 6.96. The molecule has 4 aromatic rings. The average Bonchev–Trinajstić information content (AvgIpc) is 2.92. The monoisotopic (exact) mass is 345 g/mol. The molecule has 0 amide bonds. The van der Waals surface area contributed by atoms with Gasteiger partial charge >= 0.3 is 0 Å². The first kappa shape index (κ1) is 16.4. The lowest BCUT2D eigenvalue weighted by Crippen LogP contribution is -2.13. The molecule has 5 nitrogen and oxygen atoms in total. The lowest BCUT2D eigenvalue weighted by Gasteiger charge is -2.19. The molecule has 0 saturated heterocycles. The Hall–Kier alpha value is -3.08. The summed E-state index contributed by atoms with van der Waals surface area (Å²) in [5, 5.41) is 10.5. The molecule has 1 N–H and O–H groups in total. The van der Waals surface area contributed by atoms with Crippen molar-refractivity contribution in [1.82, 2.24) is 14.8 Å². The van der Waals surface area contributed by atoms with Gasteiger partial charge in [0, 0.05) is 38.8 Å². The van der Waals surface area contributed by atoms with Gasteiger partial charge in [0.05, 0.1) is 22.3 Å². The number of hydrogen-bond donors (Lipinski definition) is 1. The Bertz CT molecular complexity index is 1090. The first-order valence-corrected chi connectivity index (χ1v) is 8.77. The Labute approximate surface area is 153 Å². The molecule has 0 saturated carbocycles. The summed E-state index contributed by atoms with van der Waals surface area (Å²) in [5.74, 6) is 0. The van der Waals surface area contributed by atoms with E-state index in [1.165, 1.54) is 11.3 Å². The van der Waals surface area contributed by atoms with E-state index < -0.39 is 0 Å². The van der Waals surface area contributed by atoms with Gasteiger partial charge in [0.1, 0.15) is 0 Å². The van der Waals surface area contributed by atoms with Crippen molar-refractivity contribution in [3.05, 3.63) is 59.8 Å². The average molecular weight is 345 g/mol. The second-order valence-electron chi connectivity index (χ2n) is 6.79. The molecule has 2 aromatic heterocycles. The van der Waals surface area contributed by atoms with Crippen LogP contribution >= 0.6 is 0 Å². The summed E-state index contributed by atoms with van der Waals surface area (Å²) in [6.45, 7) is 2.78. The van der Waals surface area contributed by atoms with E-state index in [1.807, 2.05) is 24.7 Å². The molecule has 2 aromatic carbocycles. The number of nitrogens with one attached hydrogen (secondary N) is 1. The number of benzene rings is 2. The second kappa shape index (κ2) is 6.33. The highest BCUT2D eigenvalue weighted by molar-refractivity contribution is 6.07. The lowest BCUT2D eigenvalue weighted by atomic mass is 10.1. The largest absolute Gasteiger partial charge is 0.380 e. The van der Waals surface area contributed by atoms with Crippen LogP contribution in [0.3, 0.4) is 0 Å². The van der Waals surface area contributed by atoms with Crippen LogP contribution in [0.25, 0.3) is 21.9 Å². The van der Waals surface area contributed by atoms with Crippen molar-refractivity contribution in [2.75, 3.05) is 24.3 Å². The number of anilines is 2. The summed E-state index contributed by atoms with van der Waals surface area (Å²) in [5.41, 5.74) is 6.45. The number of nitrogens with zero attached hydrogens (tertiary/aromatic N) is 4. The molecule has 0 fully saturated rings. The highest BCUT2D eigenvalue weighted by atomic mass is 15.3. The number of aromatic nitrogens is 3. The van der Waals surface area contributed by atoms with E-state index in [-0.39, 0.29) is 0 Å². The van der Waals surface area contributed by atoms with Crippen LogP contribution in [0.4, 0.5) is 11.4 Å². The lowest BCUT2D eigenvalue weighted by molar-refractivity contribution is 0.775. The van der Waals surface area contributed by atoms with Crippen LogP contribution in [0.2, 0.25) is 0 Å². The summed E-state index contributed by atoms with van der Waals surface area (Å²) in [7, 11) is 6.09. The van der Waals surface area contributed by atoms with Gasteiger partial charge in [0.15, 0.2) is 5.65 Å². The maximum atomic E-state index is 4.81. The fourth-order valence-corrected chi connectivity index (χ4v) is 3.56. The molecule has 5 heteroatoms. The fraction of sp³-hybridized carbons (Fsp3) is 0.238. The van der Waals surface area contributed by atoms with E-state index in [1.54, 1.807) is 0 Å². The third kappa shape index (κ3) is 2.65. The van der Waals surface area contributed by atoms with Crippen molar-refractivity contribution in [1.29, 1.82) is 0 Å². The molecule has 0 aliphatic heterocycles. The first-order chi connectivity index (χ1) is 12.6. The molecule has 26 heavy (non-hydrogen) atoms. The molecular formula is C21H23N5. The molecule has 0 atom stereocenters. The zero-order valence-corrected chi connectivity index (χ0v) is 15.6. The zero-order chi connectivity index (χ0) is 18.3. The van der Waals surface area contributed by atoms with Crippen molar-refractivity contribution < 1.29 is 0 Å². The van der Waals surface area contributed by atoms with Gasteiger partial charge in [-0.25, -0.2) is 4.98 Å². The number of para-hydroxylation sites is 2. The first-order valence-electron chi connectivity index (χ1n) is 8.77.